The van der Waals surface area contributed by atoms with Crippen molar-refractivity contribution in [3.05, 3.63) is 64.7 Å². The Hall–Kier alpha value is -2.53. The second-order valence-corrected chi connectivity index (χ2v) is 7.08. The number of carbonyl (C=O) groups excluding carboxylic acids is 2. The van der Waals surface area contributed by atoms with Crippen LogP contribution in [0.2, 0.25) is 5.02 Å². The number of rotatable bonds is 9. The van der Waals surface area contributed by atoms with Crippen molar-refractivity contribution in [3.8, 4) is 5.75 Å². The minimum Gasteiger partial charge on any atom is -0.494 e. The summed E-state index contributed by atoms with van der Waals surface area (Å²) < 4.78 is 5.65. The van der Waals surface area contributed by atoms with Gasteiger partial charge in [0.15, 0.2) is 0 Å². The number of nitrogens with one attached hydrogen (secondary N) is 1. The van der Waals surface area contributed by atoms with E-state index in [2.05, 4.69) is 5.32 Å². The first-order valence-electron chi connectivity index (χ1n) is 9.36. The number of likely N-dealkylation sites (N-methyl/N-ethyl adjacent to an activating group) is 1. The SMILES string of the molecule is CNC(=O)C(C)N(Cc1ccccc1C)C(=O)CCCOc1ccc(Cl)cc1. The molecule has 0 aliphatic rings. The predicted octanol–water partition coefficient (Wildman–Crippen LogP) is 3.97. The molecular formula is C22H27ClN2O3. The molecule has 1 N–H and O–H groups in total. The molecule has 0 fully saturated rings. The number of aryl methyl sites for hydroxylation is 1. The maximum Gasteiger partial charge on any atom is 0.242 e. The third-order valence-electron chi connectivity index (χ3n) is 4.63. The van der Waals surface area contributed by atoms with E-state index in [1.165, 1.54) is 0 Å². The largest absolute Gasteiger partial charge is 0.494 e. The zero-order valence-corrected chi connectivity index (χ0v) is 17.3. The van der Waals surface area contributed by atoms with Gasteiger partial charge in [0.2, 0.25) is 11.8 Å². The van der Waals surface area contributed by atoms with Crippen molar-refractivity contribution in [3.63, 3.8) is 0 Å². The van der Waals surface area contributed by atoms with Crippen LogP contribution in [0.3, 0.4) is 0 Å². The number of amides is 2. The smallest absolute Gasteiger partial charge is 0.242 e. The van der Waals surface area contributed by atoms with E-state index in [1.54, 1.807) is 43.1 Å². The number of hydrogen-bond donors (Lipinski definition) is 1. The highest BCUT2D eigenvalue weighted by Gasteiger charge is 2.25. The summed E-state index contributed by atoms with van der Waals surface area (Å²) in [5.74, 6) is 0.464. The summed E-state index contributed by atoms with van der Waals surface area (Å²) in [7, 11) is 1.58. The van der Waals surface area contributed by atoms with Crippen LogP contribution in [0, 0.1) is 6.92 Å². The fourth-order valence-electron chi connectivity index (χ4n) is 2.85. The number of hydrogen-bond acceptors (Lipinski definition) is 3. The van der Waals surface area contributed by atoms with Gasteiger partial charge in [-0.15, -0.1) is 0 Å². The Balaban J connectivity index is 1.97. The van der Waals surface area contributed by atoms with Crippen LogP contribution in [-0.2, 0) is 16.1 Å². The molecular weight excluding hydrogens is 376 g/mol. The maximum atomic E-state index is 12.8. The van der Waals surface area contributed by atoms with Crippen molar-refractivity contribution in [1.82, 2.24) is 10.2 Å². The average Bonchev–Trinajstić information content (AvgIpc) is 2.70. The van der Waals surface area contributed by atoms with E-state index in [0.29, 0.717) is 36.8 Å². The molecule has 2 aromatic carbocycles. The van der Waals surface area contributed by atoms with Crippen molar-refractivity contribution in [2.75, 3.05) is 13.7 Å². The van der Waals surface area contributed by atoms with Crippen LogP contribution in [-0.4, -0.2) is 36.4 Å². The van der Waals surface area contributed by atoms with Crippen molar-refractivity contribution in [2.24, 2.45) is 0 Å². The summed E-state index contributed by atoms with van der Waals surface area (Å²) in [5.41, 5.74) is 2.12. The molecule has 6 heteroatoms. The van der Waals surface area contributed by atoms with Gasteiger partial charge in [0.1, 0.15) is 11.8 Å². The van der Waals surface area contributed by atoms with Crippen LogP contribution in [0.25, 0.3) is 0 Å². The van der Waals surface area contributed by atoms with Crippen LogP contribution >= 0.6 is 11.6 Å². The lowest BCUT2D eigenvalue weighted by atomic mass is 10.1. The highest BCUT2D eigenvalue weighted by atomic mass is 35.5. The van der Waals surface area contributed by atoms with E-state index in [0.717, 1.165) is 11.1 Å². The van der Waals surface area contributed by atoms with Crippen molar-refractivity contribution in [1.29, 1.82) is 0 Å². The molecule has 0 saturated heterocycles. The van der Waals surface area contributed by atoms with E-state index in [-0.39, 0.29) is 11.8 Å². The molecule has 1 atom stereocenters. The highest BCUT2D eigenvalue weighted by molar-refractivity contribution is 6.30. The lowest BCUT2D eigenvalue weighted by Gasteiger charge is -2.29. The van der Waals surface area contributed by atoms with Gasteiger partial charge in [0, 0.05) is 25.0 Å². The van der Waals surface area contributed by atoms with Gasteiger partial charge in [-0.3, -0.25) is 9.59 Å². The Morgan fingerprint density at radius 2 is 1.82 bits per heavy atom. The lowest BCUT2D eigenvalue weighted by Crippen LogP contribution is -2.46. The topological polar surface area (TPSA) is 58.6 Å². The Kier molecular flexibility index (Phi) is 8.33. The second kappa shape index (κ2) is 10.7. The van der Waals surface area contributed by atoms with Crippen LogP contribution in [0.4, 0.5) is 0 Å². The zero-order valence-electron chi connectivity index (χ0n) is 16.6. The summed E-state index contributed by atoms with van der Waals surface area (Å²) in [6, 6.07) is 14.4. The average molecular weight is 403 g/mol. The molecule has 2 amide bonds. The summed E-state index contributed by atoms with van der Waals surface area (Å²) in [6.07, 6.45) is 0.868. The van der Waals surface area contributed by atoms with Crippen LogP contribution in [0.15, 0.2) is 48.5 Å². The third-order valence-corrected chi connectivity index (χ3v) is 4.88. The monoisotopic (exact) mass is 402 g/mol. The fourth-order valence-corrected chi connectivity index (χ4v) is 2.98. The summed E-state index contributed by atoms with van der Waals surface area (Å²) in [5, 5.41) is 3.28. The molecule has 0 aliphatic heterocycles. The molecule has 2 aromatic rings. The summed E-state index contributed by atoms with van der Waals surface area (Å²) in [6.45, 7) is 4.57. The molecule has 1 unspecified atom stereocenters. The van der Waals surface area contributed by atoms with Crippen LogP contribution in [0.1, 0.15) is 30.9 Å². The summed E-state index contributed by atoms with van der Waals surface area (Å²) in [4.78, 5) is 26.6. The normalized spacial score (nSPS) is 11.6. The quantitative estimate of drug-likeness (QED) is 0.645. The number of carbonyl (C=O) groups is 2. The molecule has 0 radical (unpaired) electrons. The van der Waals surface area contributed by atoms with Crippen LogP contribution in [0.5, 0.6) is 5.75 Å². The standard InChI is InChI=1S/C22H27ClN2O3/c1-16-7-4-5-8-18(16)15-25(17(2)22(27)24-3)21(26)9-6-14-28-20-12-10-19(23)11-13-20/h4-5,7-8,10-13,17H,6,9,14-15H2,1-3H3,(H,24,27). The molecule has 0 heterocycles. The Labute approximate surface area is 171 Å². The third kappa shape index (κ3) is 6.27. The minimum atomic E-state index is -0.547. The first kappa shape index (κ1) is 21.8. The molecule has 5 nitrogen and oxygen atoms in total. The molecule has 0 spiro atoms. The Morgan fingerprint density at radius 3 is 2.46 bits per heavy atom. The summed E-state index contributed by atoms with van der Waals surface area (Å²) >= 11 is 5.86. The van der Waals surface area contributed by atoms with Gasteiger partial charge in [-0.1, -0.05) is 35.9 Å². The van der Waals surface area contributed by atoms with E-state index in [9.17, 15) is 9.59 Å². The van der Waals surface area contributed by atoms with Crippen molar-refractivity contribution < 1.29 is 14.3 Å². The van der Waals surface area contributed by atoms with Gasteiger partial charge in [-0.05, 0) is 55.7 Å². The molecule has 0 saturated carbocycles. The number of halogens is 1. The van der Waals surface area contributed by atoms with Crippen LogP contribution < -0.4 is 10.1 Å². The van der Waals surface area contributed by atoms with E-state index in [1.807, 2.05) is 31.2 Å². The molecule has 150 valence electrons. The van der Waals surface area contributed by atoms with Gasteiger partial charge < -0.3 is 15.0 Å². The predicted molar refractivity (Wildman–Crippen MR) is 111 cm³/mol. The zero-order chi connectivity index (χ0) is 20.5. The Morgan fingerprint density at radius 1 is 1.14 bits per heavy atom. The number of ether oxygens (including phenoxy) is 1. The molecule has 0 aromatic heterocycles. The second-order valence-electron chi connectivity index (χ2n) is 6.64. The Bertz CT molecular complexity index is 793. The van der Waals surface area contributed by atoms with Crippen molar-refractivity contribution >= 4 is 23.4 Å². The van der Waals surface area contributed by atoms with E-state index in [4.69, 9.17) is 16.3 Å². The van der Waals surface area contributed by atoms with Gasteiger partial charge in [0.25, 0.3) is 0 Å². The number of benzene rings is 2. The van der Waals surface area contributed by atoms with E-state index < -0.39 is 6.04 Å². The first-order valence-corrected chi connectivity index (χ1v) is 9.74. The van der Waals surface area contributed by atoms with Gasteiger partial charge >= 0.3 is 0 Å². The van der Waals surface area contributed by atoms with Gasteiger partial charge in [0.05, 0.1) is 6.61 Å². The fraction of sp³-hybridized carbons (Fsp3) is 0.364. The highest BCUT2D eigenvalue weighted by Crippen LogP contribution is 2.17. The molecule has 0 bridgehead atoms. The first-order chi connectivity index (χ1) is 13.4. The minimum absolute atomic E-state index is 0.0703. The molecule has 0 aliphatic carbocycles. The maximum absolute atomic E-state index is 12.8. The molecule has 28 heavy (non-hydrogen) atoms. The lowest BCUT2D eigenvalue weighted by molar-refractivity contribution is -0.140. The number of nitrogens with zero attached hydrogens (tertiary/aromatic N) is 1. The molecule has 2 rings (SSSR count). The van der Waals surface area contributed by atoms with Gasteiger partial charge in [-0.2, -0.15) is 0 Å². The van der Waals surface area contributed by atoms with Crippen molar-refractivity contribution in [2.45, 2.75) is 39.3 Å². The van der Waals surface area contributed by atoms with E-state index >= 15 is 0 Å². The van der Waals surface area contributed by atoms with Gasteiger partial charge in [-0.25, -0.2) is 0 Å².